The summed E-state index contributed by atoms with van der Waals surface area (Å²) in [7, 11) is 0. The van der Waals surface area contributed by atoms with Gasteiger partial charge in [-0.1, -0.05) is 12.8 Å². The summed E-state index contributed by atoms with van der Waals surface area (Å²) in [6, 6.07) is 0.319. The third kappa shape index (κ3) is 2.99. The third-order valence-electron chi connectivity index (χ3n) is 3.21. The maximum absolute atomic E-state index is 4.30. The SMILES string of the molecule is CC(NCC1CCCC1)c1cnccn1. The Morgan fingerprint density at radius 1 is 1.40 bits per heavy atom. The van der Waals surface area contributed by atoms with Gasteiger partial charge in [0.2, 0.25) is 0 Å². The Morgan fingerprint density at radius 2 is 2.20 bits per heavy atom. The van der Waals surface area contributed by atoms with Gasteiger partial charge in [-0.05, 0) is 32.2 Å². The monoisotopic (exact) mass is 205 g/mol. The van der Waals surface area contributed by atoms with Crippen molar-refractivity contribution in [1.29, 1.82) is 0 Å². The molecule has 0 bridgehead atoms. The topological polar surface area (TPSA) is 37.8 Å². The number of rotatable bonds is 4. The first-order valence-corrected chi connectivity index (χ1v) is 5.85. The molecular formula is C12H19N3. The van der Waals surface area contributed by atoms with E-state index in [1.807, 2.05) is 6.20 Å². The minimum absolute atomic E-state index is 0.319. The lowest BCUT2D eigenvalue weighted by Crippen LogP contribution is -2.25. The molecular weight excluding hydrogens is 186 g/mol. The molecule has 3 nitrogen and oxygen atoms in total. The van der Waals surface area contributed by atoms with Crippen LogP contribution >= 0.6 is 0 Å². The van der Waals surface area contributed by atoms with Crippen molar-refractivity contribution in [3.8, 4) is 0 Å². The van der Waals surface area contributed by atoms with Crippen molar-refractivity contribution in [2.45, 2.75) is 38.6 Å². The Kier molecular flexibility index (Phi) is 3.67. The van der Waals surface area contributed by atoms with Crippen molar-refractivity contribution in [2.75, 3.05) is 6.54 Å². The fourth-order valence-electron chi connectivity index (χ4n) is 2.20. The van der Waals surface area contributed by atoms with Crippen molar-refractivity contribution in [3.63, 3.8) is 0 Å². The van der Waals surface area contributed by atoms with Gasteiger partial charge in [0.05, 0.1) is 5.69 Å². The molecule has 1 atom stereocenters. The molecule has 1 aliphatic carbocycles. The molecule has 0 saturated heterocycles. The molecule has 0 spiro atoms. The van der Waals surface area contributed by atoms with Gasteiger partial charge in [-0.3, -0.25) is 9.97 Å². The summed E-state index contributed by atoms with van der Waals surface area (Å²) < 4.78 is 0. The molecule has 15 heavy (non-hydrogen) atoms. The average molecular weight is 205 g/mol. The maximum Gasteiger partial charge on any atom is 0.0753 e. The van der Waals surface area contributed by atoms with E-state index >= 15 is 0 Å². The second-order valence-corrected chi connectivity index (χ2v) is 4.41. The van der Waals surface area contributed by atoms with Crippen LogP contribution in [0.4, 0.5) is 0 Å². The first kappa shape index (κ1) is 10.6. The van der Waals surface area contributed by atoms with Crippen molar-refractivity contribution >= 4 is 0 Å². The van der Waals surface area contributed by atoms with Gasteiger partial charge in [-0.15, -0.1) is 0 Å². The van der Waals surface area contributed by atoms with Crippen molar-refractivity contribution < 1.29 is 0 Å². The molecule has 2 rings (SSSR count). The second kappa shape index (κ2) is 5.21. The Labute approximate surface area is 91.3 Å². The maximum atomic E-state index is 4.30. The number of aromatic nitrogens is 2. The van der Waals surface area contributed by atoms with Gasteiger partial charge in [0, 0.05) is 24.6 Å². The Morgan fingerprint density at radius 3 is 2.87 bits per heavy atom. The second-order valence-electron chi connectivity index (χ2n) is 4.41. The zero-order valence-electron chi connectivity index (χ0n) is 9.32. The predicted molar refractivity (Wildman–Crippen MR) is 60.4 cm³/mol. The average Bonchev–Trinajstić information content (AvgIpc) is 2.80. The van der Waals surface area contributed by atoms with Crippen molar-refractivity contribution in [3.05, 3.63) is 24.3 Å². The molecule has 0 aromatic carbocycles. The molecule has 3 heteroatoms. The minimum Gasteiger partial charge on any atom is -0.309 e. The number of nitrogens with zero attached hydrogens (tertiary/aromatic N) is 2. The van der Waals surface area contributed by atoms with E-state index in [1.54, 1.807) is 12.4 Å². The zero-order valence-corrected chi connectivity index (χ0v) is 9.32. The quantitative estimate of drug-likeness (QED) is 0.819. The fraction of sp³-hybridized carbons (Fsp3) is 0.667. The van der Waals surface area contributed by atoms with Crippen LogP contribution in [0, 0.1) is 5.92 Å². The van der Waals surface area contributed by atoms with Crippen LogP contribution in [0.15, 0.2) is 18.6 Å². The van der Waals surface area contributed by atoms with Crippen LogP contribution in [0.3, 0.4) is 0 Å². The van der Waals surface area contributed by atoms with Gasteiger partial charge in [-0.25, -0.2) is 0 Å². The molecule has 1 fully saturated rings. The largest absolute Gasteiger partial charge is 0.309 e. The van der Waals surface area contributed by atoms with Crippen LogP contribution < -0.4 is 5.32 Å². The van der Waals surface area contributed by atoms with Crippen LogP contribution in [0.1, 0.15) is 44.3 Å². The van der Waals surface area contributed by atoms with E-state index in [-0.39, 0.29) is 0 Å². The molecule has 1 unspecified atom stereocenters. The highest BCUT2D eigenvalue weighted by molar-refractivity contribution is 5.00. The fourth-order valence-corrected chi connectivity index (χ4v) is 2.20. The molecule has 1 aromatic rings. The number of hydrogen-bond donors (Lipinski definition) is 1. The van der Waals surface area contributed by atoms with Gasteiger partial charge < -0.3 is 5.32 Å². The van der Waals surface area contributed by atoms with Gasteiger partial charge in [0.1, 0.15) is 0 Å². The molecule has 82 valence electrons. The van der Waals surface area contributed by atoms with E-state index < -0.39 is 0 Å². The molecule has 0 aliphatic heterocycles. The van der Waals surface area contributed by atoms with E-state index in [2.05, 4.69) is 22.2 Å². The Hall–Kier alpha value is -0.960. The van der Waals surface area contributed by atoms with Crippen LogP contribution in [0.25, 0.3) is 0 Å². The van der Waals surface area contributed by atoms with Crippen LogP contribution in [-0.4, -0.2) is 16.5 Å². The highest BCUT2D eigenvalue weighted by atomic mass is 14.9. The highest BCUT2D eigenvalue weighted by Crippen LogP contribution is 2.24. The summed E-state index contributed by atoms with van der Waals surface area (Å²) in [5.74, 6) is 0.879. The predicted octanol–water partition coefficient (Wildman–Crippen LogP) is 2.32. The van der Waals surface area contributed by atoms with E-state index in [9.17, 15) is 0 Å². The molecule has 0 radical (unpaired) electrons. The summed E-state index contributed by atoms with van der Waals surface area (Å²) in [6.45, 7) is 3.27. The van der Waals surface area contributed by atoms with Crippen LogP contribution in [0.2, 0.25) is 0 Å². The smallest absolute Gasteiger partial charge is 0.0753 e. The van der Waals surface area contributed by atoms with Crippen molar-refractivity contribution in [1.82, 2.24) is 15.3 Å². The van der Waals surface area contributed by atoms with E-state index in [1.165, 1.54) is 25.7 Å². The van der Waals surface area contributed by atoms with Crippen LogP contribution in [-0.2, 0) is 0 Å². The molecule has 0 amide bonds. The molecule has 1 N–H and O–H groups in total. The molecule has 1 aromatic heterocycles. The minimum atomic E-state index is 0.319. The van der Waals surface area contributed by atoms with Gasteiger partial charge in [0.25, 0.3) is 0 Å². The van der Waals surface area contributed by atoms with Gasteiger partial charge >= 0.3 is 0 Å². The third-order valence-corrected chi connectivity index (χ3v) is 3.21. The zero-order chi connectivity index (χ0) is 10.5. The normalized spacial score (nSPS) is 19.3. The summed E-state index contributed by atoms with van der Waals surface area (Å²) in [5, 5.41) is 3.54. The molecule has 1 heterocycles. The Balaban J connectivity index is 1.79. The lowest BCUT2D eigenvalue weighted by molar-refractivity contribution is 0.447. The first-order valence-electron chi connectivity index (χ1n) is 5.85. The van der Waals surface area contributed by atoms with E-state index in [0.717, 1.165) is 18.2 Å². The summed E-state index contributed by atoms with van der Waals surface area (Å²) in [5.41, 5.74) is 1.04. The number of hydrogen-bond acceptors (Lipinski definition) is 3. The van der Waals surface area contributed by atoms with Crippen molar-refractivity contribution in [2.24, 2.45) is 5.92 Å². The summed E-state index contributed by atoms with van der Waals surface area (Å²) >= 11 is 0. The molecule has 1 saturated carbocycles. The Bertz CT molecular complexity index is 280. The van der Waals surface area contributed by atoms with E-state index in [4.69, 9.17) is 0 Å². The lowest BCUT2D eigenvalue weighted by Gasteiger charge is -2.16. The van der Waals surface area contributed by atoms with E-state index in [0.29, 0.717) is 6.04 Å². The molecule has 1 aliphatic rings. The first-order chi connectivity index (χ1) is 7.36. The van der Waals surface area contributed by atoms with Gasteiger partial charge in [0.15, 0.2) is 0 Å². The standard InChI is InChI=1S/C12H19N3/c1-10(12-9-13-6-7-14-12)15-8-11-4-2-3-5-11/h6-7,9-11,15H,2-5,8H2,1H3. The number of nitrogens with one attached hydrogen (secondary N) is 1. The van der Waals surface area contributed by atoms with Crippen LogP contribution in [0.5, 0.6) is 0 Å². The van der Waals surface area contributed by atoms with Gasteiger partial charge in [-0.2, -0.15) is 0 Å². The highest BCUT2D eigenvalue weighted by Gasteiger charge is 2.16. The summed E-state index contributed by atoms with van der Waals surface area (Å²) in [6.07, 6.45) is 10.9. The summed E-state index contributed by atoms with van der Waals surface area (Å²) in [4.78, 5) is 8.38. The lowest BCUT2D eigenvalue weighted by atomic mass is 10.1.